The molecule has 0 bridgehead atoms. The van der Waals surface area contributed by atoms with Crippen LogP contribution in [0.25, 0.3) is 5.82 Å². The fourth-order valence-electron chi connectivity index (χ4n) is 1.03. The molecule has 2 aromatic heterocycles. The van der Waals surface area contributed by atoms with Gasteiger partial charge in [0.25, 0.3) is 5.69 Å². The molecule has 0 atom stereocenters. The first-order valence-electron chi connectivity index (χ1n) is 3.58. The third-order valence-electron chi connectivity index (χ3n) is 1.65. The zero-order valence-electron chi connectivity index (χ0n) is 6.54. The predicted molar refractivity (Wildman–Crippen MR) is 44.6 cm³/mol. The highest BCUT2D eigenvalue weighted by atomic mass is 16.6. The smallest absolute Gasteiger partial charge is 0.288 e. The van der Waals surface area contributed by atoms with Crippen LogP contribution in [0, 0.1) is 10.1 Å². The van der Waals surface area contributed by atoms with Crippen LogP contribution in [0.4, 0.5) is 5.69 Å². The van der Waals surface area contributed by atoms with Crippen molar-refractivity contribution in [2.24, 2.45) is 0 Å². The second kappa shape index (κ2) is 2.74. The molecule has 2 aromatic rings. The number of nitrogens with zero attached hydrogens (tertiary/aromatic N) is 3. The fourth-order valence-corrected chi connectivity index (χ4v) is 1.03. The average molecular weight is 178 g/mol. The van der Waals surface area contributed by atoms with Gasteiger partial charge in [-0.25, -0.2) is 4.98 Å². The van der Waals surface area contributed by atoms with Crippen LogP contribution in [0.3, 0.4) is 0 Å². The molecule has 6 heteroatoms. The maximum Gasteiger partial charge on any atom is 0.288 e. The van der Waals surface area contributed by atoms with Gasteiger partial charge in [-0.3, -0.25) is 14.7 Å². The van der Waals surface area contributed by atoms with Crippen LogP contribution in [-0.4, -0.2) is 19.5 Å². The standard InChI is InChI=1S/C7H6N4O2/c12-11(13)6-3-7(9-4-6)10-2-1-8-5-10/h1-5,9H. The van der Waals surface area contributed by atoms with Gasteiger partial charge in [0.2, 0.25) is 0 Å². The van der Waals surface area contributed by atoms with E-state index in [2.05, 4.69) is 9.97 Å². The number of nitrogens with one attached hydrogen (secondary N) is 1. The average Bonchev–Trinajstić information content (AvgIpc) is 2.75. The fraction of sp³-hybridized carbons (Fsp3) is 0. The summed E-state index contributed by atoms with van der Waals surface area (Å²) in [5.74, 6) is 0.629. The van der Waals surface area contributed by atoms with Gasteiger partial charge in [-0.05, 0) is 0 Å². The van der Waals surface area contributed by atoms with Crippen molar-refractivity contribution in [3.8, 4) is 5.82 Å². The van der Waals surface area contributed by atoms with Gasteiger partial charge in [-0.2, -0.15) is 0 Å². The Hall–Kier alpha value is -2.11. The summed E-state index contributed by atoms with van der Waals surface area (Å²) in [4.78, 5) is 16.5. The molecule has 0 radical (unpaired) electrons. The Labute approximate surface area is 73.0 Å². The molecule has 0 spiro atoms. The van der Waals surface area contributed by atoms with E-state index in [9.17, 15) is 10.1 Å². The molecule has 0 aliphatic rings. The first-order chi connectivity index (χ1) is 6.27. The van der Waals surface area contributed by atoms with Gasteiger partial charge in [0.15, 0.2) is 0 Å². The molecule has 2 heterocycles. The molecule has 0 aromatic carbocycles. The number of aromatic amines is 1. The number of nitro groups is 1. The van der Waals surface area contributed by atoms with E-state index in [0.717, 1.165) is 0 Å². The molecule has 0 unspecified atom stereocenters. The van der Waals surface area contributed by atoms with Crippen molar-refractivity contribution in [3.05, 3.63) is 41.1 Å². The molecule has 0 amide bonds. The van der Waals surface area contributed by atoms with Crippen LogP contribution in [0.15, 0.2) is 31.0 Å². The predicted octanol–water partition coefficient (Wildman–Crippen LogP) is 1.11. The van der Waals surface area contributed by atoms with E-state index in [-0.39, 0.29) is 5.69 Å². The summed E-state index contributed by atoms with van der Waals surface area (Å²) >= 11 is 0. The number of hydrogen-bond acceptors (Lipinski definition) is 3. The van der Waals surface area contributed by atoms with E-state index >= 15 is 0 Å². The van der Waals surface area contributed by atoms with Crippen LogP contribution in [0.1, 0.15) is 0 Å². The summed E-state index contributed by atoms with van der Waals surface area (Å²) in [6.45, 7) is 0. The third kappa shape index (κ3) is 1.28. The molecule has 0 fully saturated rings. The number of rotatable bonds is 2. The lowest BCUT2D eigenvalue weighted by molar-refractivity contribution is -0.384. The Kier molecular flexibility index (Phi) is 1.59. The molecule has 13 heavy (non-hydrogen) atoms. The quantitative estimate of drug-likeness (QED) is 0.552. The molecule has 66 valence electrons. The van der Waals surface area contributed by atoms with Crippen molar-refractivity contribution in [2.45, 2.75) is 0 Å². The molecule has 2 rings (SSSR count). The van der Waals surface area contributed by atoms with E-state index < -0.39 is 4.92 Å². The van der Waals surface area contributed by atoms with Crippen molar-refractivity contribution in [2.75, 3.05) is 0 Å². The second-order valence-electron chi connectivity index (χ2n) is 2.47. The van der Waals surface area contributed by atoms with Gasteiger partial charge in [0.1, 0.15) is 12.1 Å². The lowest BCUT2D eigenvalue weighted by Crippen LogP contribution is -1.88. The van der Waals surface area contributed by atoms with Crippen molar-refractivity contribution in [3.63, 3.8) is 0 Å². The normalized spacial score (nSPS) is 10.2. The van der Waals surface area contributed by atoms with Crippen LogP contribution in [-0.2, 0) is 0 Å². The van der Waals surface area contributed by atoms with Gasteiger partial charge in [0, 0.05) is 12.4 Å². The van der Waals surface area contributed by atoms with Gasteiger partial charge in [-0.15, -0.1) is 0 Å². The van der Waals surface area contributed by atoms with Gasteiger partial charge in [0.05, 0.1) is 17.2 Å². The monoisotopic (exact) mass is 178 g/mol. The minimum Gasteiger partial charge on any atom is -0.342 e. The Balaban J connectivity index is 2.39. The highest BCUT2D eigenvalue weighted by Gasteiger charge is 2.08. The van der Waals surface area contributed by atoms with E-state index in [0.29, 0.717) is 5.82 Å². The van der Waals surface area contributed by atoms with Crippen LogP contribution in [0.2, 0.25) is 0 Å². The van der Waals surface area contributed by atoms with Crippen molar-refractivity contribution < 1.29 is 4.92 Å². The third-order valence-corrected chi connectivity index (χ3v) is 1.65. The molecule has 0 saturated carbocycles. The van der Waals surface area contributed by atoms with E-state index in [1.807, 2.05) is 0 Å². The number of H-pyrrole nitrogens is 1. The minimum atomic E-state index is -0.447. The molecule has 1 N–H and O–H groups in total. The molecule has 6 nitrogen and oxygen atoms in total. The lowest BCUT2D eigenvalue weighted by Gasteiger charge is -1.93. The SMILES string of the molecule is O=[N+]([O-])c1c[nH]c(-n2ccnc2)c1. The van der Waals surface area contributed by atoms with Gasteiger partial charge >= 0.3 is 0 Å². The number of hydrogen-bond donors (Lipinski definition) is 1. The summed E-state index contributed by atoms with van der Waals surface area (Å²) in [6, 6.07) is 1.45. The topological polar surface area (TPSA) is 76.8 Å². The van der Waals surface area contributed by atoms with Crippen molar-refractivity contribution >= 4 is 5.69 Å². The Morgan fingerprint density at radius 3 is 3.00 bits per heavy atom. The Bertz CT molecular complexity index is 417. The molecule has 0 aliphatic carbocycles. The first kappa shape index (κ1) is 7.53. The minimum absolute atomic E-state index is 0.0451. The summed E-state index contributed by atoms with van der Waals surface area (Å²) in [5, 5.41) is 10.3. The van der Waals surface area contributed by atoms with Gasteiger partial charge in [-0.1, -0.05) is 0 Å². The lowest BCUT2D eigenvalue weighted by atomic mass is 10.5. The largest absolute Gasteiger partial charge is 0.342 e. The maximum absolute atomic E-state index is 10.3. The molecular weight excluding hydrogens is 172 g/mol. The molecular formula is C7H6N4O2. The maximum atomic E-state index is 10.3. The van der Waals surface area contributed by atoms with E-state index in [4.69, 9.17) is 0 Å². The zero-order valence-corrected chi connectivity index (χ0v) is 6.54. The molecule has 0 saturated heterocycles. The van der Waals surface area contributed by atoms with Crippen molar-refractivity contribution in [1.29, 1.82) is 0 Å². The summed E-state index contributed by atoms with van der Waals surface area (Å²) in [6.07, 6.45) is 6.22. The van der Waals surface area contributed by atoms with E-state index in [1.165, 1.54) is 12.3 Å². The highest BCUT2D eigenvalue weighted by molar-refractivity contribution is 5.38. The summed E-state index contributed by atoms with van der Waals surface area (Å²) in [7, 11) is 0. The Morgan fingerprint density at radius 2 is 2.46 bits per heavy atom. The zero-order chi connectivity index (χ0) is 9.26. The van der Waals surface area contributed by atoms with Crippen LogP contribution >= 0.6 is 0 Å². The Morgan fingerprint density at radius 1 is 1.62 bits per heavy atom. The summed E-state index contributed by atoms with van der Waals surface area (Å²) in [5.41, 5.74) is 0.0451. The molecule has 0 aliphatic heterocycles. The van der Waals surface area contributed by atoms with Crippen LogP contribution in [0.5, 0.6) is 0 Å². The highest BCUT2D eigenvalue weighted by Crippen LogP contribution is 2.14. The second-order valence-corrected chi connectivity index (χ2v) is 2.47. The van der Waals surface area contributed by atoms with Crippen LogP contribution < -0.4 is 0 Å². The van der Waals surface area contributed by atoms with E-state index in [1.54, 1.807) is 23.3 Å². The first-order valence-corrected chi connectivity index (χ1v) is 3.58. The summed E-state index contributed by atoms with van der Waals surface area (Å²) < 4.78 is 1.66. The number of aromatic nitrogens is 3. The van der Waals surface area contributed by atoms with Gasteiger partial charge < -0.3 is 4.98 Å². The van der Waals surface area contributed by atoms with Crippen molar-refractivity contribution in [1.82, 2.24) is 14.5 Å². The number of imidazole rings is 1.